The fourth-order valence-corrected chi connectivity index (χ4v) is 2.33. The molecule has 106 valence electrons. The minimum absolute atomic E-state index is 0.134. The highest BCUT2D eigenvalue weighted by Crippen LogP contribution is 2.19. The van der Waals surface area contributed by atoms with Crippen LogP contribution in [0.15, 0.2) is 42.5 Å². The Morgan fingerprint density at radius 1 is 1.10 bits per heavy atom. The standard InChI is InChI=1S/C18H22O2/c1-14(2)7-6-12-20-18(19)13-16-10-5-9-15-8-3-4-11-17(15)16/h3-5,8-11,14H,6-7,12-13H2,1-2H3. The number of hydrogen-bond acceptors (Lipinski definition) is 2. The lowest BCUT2D eigenvalue weighted by Crippen LogP contribution is -2.09. The minimum Gasteiger partial charge on any atom is -0.465 e. The van der Waals surface area contributed by atoms with Gasteiger partial charge in [-0.3, -0.25) is 4.79 Å². The molecule has 2 nitrogen and oxygen atoms in total. The average molecular weight is 270 g/mol. The third-order valence-corrected chi connectivity index (χ3v) is 3.40. The van der Waals surface area contributed by atoms with Crippen LogP contribution in [0.5, 0.6) is 0 Å². The zero-order chi connectivity index (χ0) is 14.4. The Hall–Kier alpha value is -1.83. The Morgan fingerprint density at radius 2 is 1.85 bits per heavy atom. The van der Waals surface area contributed by atoms with E-state index < -0.39 is 0 Å². The molecule has 0 heterocycles. The normalized spacial score (nSPS) is 10.9. The van der Waals surface area contributed by atoms with Crippen molar-refractivity contribution in [3.63, 3.8) is 0 Å². The third-order valence-electron chi connectivity index (χ3n) is 3.40. The molecule has 0 unspecified atom stereocenters. The molecule has 0 bridgehead atoms. The molecule has 0 N–H and O–H groups in total. The van der Waals surface area contributed by atoms with Gasteiger partial charge in [-0.1, -0.05) is 56.3 Å². The third kappa shape index (κ3) is 4.09. The zero-order valence-corrected chi connectivity index (χ0v) is 12.3. The van der Waals surface area contributed by atoms with Gasteiger partial charge in [-0.2, -0.15) is 0 Å². The van der Waals surface area contributed by atoms with Crippen molar-refractivity contribution >= 4 is 16.7 Å². The molecule has 0 aliphatic heterocycles. The van der Waals surface area contributed by atoms with Gasteiger partial charge in [0.2, 0.25) is 0 Å². The second-order valence-electron chi connectivity index (χ2n) is 5.57. The van der Waals surface area contributed by atoms with Crippen molar-refractivity contribution < 1.29 is 9.53 Å². The lowest BCUT2D eigenvalue weighted by Gasteiger charge is -2.08. The molecule has 0 saturated carbocycles. The van der Waals surface area contributed by atoms with E-state index in [4.69, 9.17) is 4.74 Å². The molecule has 2 rings (SSSR count). The van der Waals surface area contributed by atoms with Gasteiger partial charge in [0.15, 0.2) is 0 Å². The van der Waals surface area contributed by atoms with Crippen LogP contribution in [-0.2, 0) is 16.0 Å². The summed E-state index contributed by atoms with van der Waals surface area (Å²) in [6.07, 6.45) is 2.39. The van der Waals surface area contributed by atoms with E-state index in [0.29, 0.717) is 18.9 Å². The number of fused-ring (bicyclic) bond motifs is 1. The second kappa shape index (κ2) is 7.09. The summed E-state index contributed by atoms with van der Waals surface area (Å²) in [5, 5.41) is 2.30. The van der Waals surface area contributed by atoms with Crippen LogP contribution in [0.2, 0.25) is 0 Å². The molecule has 0 spiro atoms. The van der Waals surface area contributed by atoms with Gasteiger partial charge < -0.3 is 4.74 Å². The molecule has 0 aliphatic rings. The summed E-state index contributed by atoms with van der Waals surface area (Å²) in [5.41, 5.74) is 1.04. The molecular formula is C18H22O2. The zero-order valence-electron chi connectivity index (χ0n) is 12.3. The molecule has 0 saturated heterocycles. The van der Waals surface area contributed by atoms with Crippen LogP contribution in [0.1, 0.15) is 32.3 Å². The summed E-state index contributed by atoms with van der Waals surface area (Å²) in [6, 6.07) is 14.2. The first-order valence-corrected chi connectivity index (χ1v) is 7.29. The monoisotopic (exact) mass is 270 g/mol. The molecule has 0 fully saturated rings. The average Bonchev–Trinajstić information content (AvgIpc) is 2.44. The second-order valence-corrected chi connectivity index (χ2v) is 5.57. The lowest BCUT2D eigenvalue weighted by atomic mass is 10.0. The van der Waals surface area contributed by atoms with Gasteiger partial charge in [-0.05, 0) is 35.1 Å². The quantitative estimate of drug-likeness (QED) is 0.576. The number of ether oxygens (including phenoxy) is 1. The molecule has 0 atom stereocenters. The maximum absolute atomic E-state index is 11.9. The molecule has 0 aliphatic carbocycles. The smallest absolute Gasteiger partial charge is 0.310 e. The van der Waals surface area contributed by atoms with Crippen LogP contribution in [0.4, 0.5) is 0 Å². The lowest BCUT2D eigenvalue weighted by molar-refractivity contribution is -0.142. The van der Waals surface area contributed by atoms with E-state index in [2.05, 4.69) is 32.0 Å². The van der Waals surface area contributed by atoms with Crippen LogP contribution >= 0.6 is 0 Å². The summed E-state index contributed by atoms with van der Waals surface area (Å²) < 4.78 is 5.31. The van der Waals surface area contributed by atoms with Crippen LogP contribution < -0.4 is 0 Å². The van der Waals surface area contributed by atoms with E-state index in [1.807, 2.05) is 24.3 Å². The van der Waals surface area contributed by atoms with Crippen LogP contribution in [0.3, 0.4) is 0 Å². The van der Waals surface area contributed by atoms with Gasteiger partial charge in [0, 0.05) is 0 Å². The molecular weight excluding hydrogens is 248 g/mol. The Labute approximate surface area is 120 Å². The summed E-state index contributed by atoms with van der Waals surface area (Å²) in [4.78, 5) is 11.9. The van der Waals surface area contributed by atoms with Crippen molar-refractivity contribution in [2.75, 3.05) is 6.61 Å². The first-order valence-electron chi connectivity index (χ1n) is 7.29. The van der Waals surface area contributed by atoms with Gasteiger partial charge in [-0.15, -0.1) is 0 Å². The number of esters is 1. The van der Waals surface area contributed by atoms with Crippen molar-refractivity contribution in [2.45, 2.75) is 33.1 Å². The highest BCUT2D eigenvalue weighted by atomic mass is 16.5. The van der Waals surface area contributed by atoms with Gasteiger partial charge in [-0.25, -0.2) is 0 Å². The number of rotatable bonds is 6. The molecule has 2 heteroatoms. The van der Waals surface area contributed by atoms with E-state index in [-0.39, 0.29) is 5.97 Å². The van der Waals surface area contributed by atoms with Crippen LogP contribution in [0.25, 0.3) is 10.8 Å². The molecule has 20 heavy (non-hydrogen) atoms. The first-order chi connectivity index (χ1) is 9.66. The fourth-order valence-electron chi connectivity index (χ4n) is 2.33. The Morgan fingerprint density at radius 3 is 2.65 bits per heavy atom. The molecule has 0 amide bonds. The number of hydrogen-bond donors (Lipinski definition) is 0. The van der Waals surface area contributed by atoms with Gasteiger partial charge in [0.25, 0.3) is 0 Å². The number of carbonyl (C=O) groups is 1. The Balaban J connectivity index is 1.93. The summed E-state index contributed by atoms with van der Waals surface area (Å²) in [5.74, 6) is 0.525. The molecule has 2 aromatic rings. The molecule has 2 aromatic carbocycles. The predicted octanol–water partition coefficient (Wildman–Crippen LogP) is 4.36. The molecule has 0 radical (unpaired) electrons. The van der Waals surface area contributed by atoms with E-state index in [1.165, 1.54) is 0 Å². The van der Waals surface area contributed by atoms with E-state index in [0.717, 1.165) is 29.2 Å². The number of benzene rings is 2. The van der Waals surface area contributed by atoms with Gasteiger partial charge in [0.05, 0.1) is 13.0 Å². The van der Waals surface area contributed by atoms with Crippen molar-refractivity contribution in [3.8, 4) is 0 Å². The first kappa shape index (κ1) is 14.6. The largest absolute Gasteiger partial charge is 0.465 e. The van der Waals surface area contributed by atoms with Crippen LogP contribution in [0, 0.1) is 5.92 Å². The van der Waals surface area contributed by atoms with Gasteiger partial charge in [0.1, 0.15) is 0 Å². The van der Waals surface area contributed by atoms with E-state index >= 15 is 0 Å². The van der Waals surface area contributed by atoms with Crippen molar-refractivity contribution in [1.29, 1.82) is 0 Å². The maximum Gasteiger partial charge on any atom is 0.310 e. The SMILES string of the molecule is CC(C)CCCOC(=O)Cc1cccc2ccccc12. The predicted molar refractivity (Wildman–Crippen MR) is 82.7 cm³/mol. The van der Waals surface area contributed by atoms with Crippen molar-refractivity contribution in [3.05, 3.63) is 48.0 Å². The van der Waals surface area contributed by atoms with Crippen LogP contribution in [-0.4, -0.2) is 12.6 Å². The van der Waals surface area contributed by atoms with Crippen molar-refractivity contribution in [1.82, 2.24) is 0 Å². The topological polar surface area (TPSA) is 26.3 Å². The number of carbonyl (C=O) groups excluding carboxylic acids is 1. The summed E-state index contributed by atoms with van der Waals surface area (Å²) in [6.45, 7) is 4.89. The van der Waals surface area contributed by atoms with Gasteiger partial charge >= 0.3 is 5.97 Å². The maximum atomic E-state index is 11.9. The summed E-state index contributed by atoms with van der Waals surface area (Å²) >= 11 is 0. The van der Waals surface area contributed by atoms with E-state index in [9.17, 15) is 4.79 Å². The highest BCUT2D eigenvalue weighted by molar-refractivity contribution is 5.88. The Bertz CT molecular complexity index is 567. The fraction of sp³-hybridized carbons (Fsp3) is 0.389. The van der Waals surface area contributed by atoms with Crippen molar-refractivity contribution in [2.24, 2.45) is 5.92 Å². The van der Waals surface area contributed by atoms with E-state index in [1.54, 1.807) is 0 Å². The molecule has 0 aromatic heterocycles. The Kier molecular flexibility index (Phi) is 5.16. The minimum atomic E-state index is -0.134. The summed E-state index contributed by atoms with van der Waals surface area (Å²) in [7, 11) is 0. The highest BCUT2D eigenvalue weighted by Gasteiger charge is 2.08.